The van der Waals surface area contributed by atoms with Crippen molar-refractivity contribution in [2.45, 2.75) is 31.9 Å². The SMILES string of the molecule is CCc1ccccc1C(O)C(N)Cc1ccccc1. The predicted octanol–water partition coefficient (Wildman–Crippen LogP) is 2.85. The van der Waals surface area contributed by atoms with Crippen LogP contribution in [0.4, 0.5) is 0 Å². The van der Waals surface area contributed by atoms with Gasteiger partial charge in [-0.25, -0.2) is 0 Å². The van der Waals surface area contributed by atoms with Gasteiger partial charge < -0.3 is 10.8 Å². The molecule has 0 spiro atoms. The summed E-state index contributed by atoms with van der Waals surface area (Å²) in [6, 6.07) is 17.7. The van der Waals surface area contributed by atoms with Gasteiger partial charge in [0.1, 0.15) is 0 Å². The maximum absolute atomic E-state index is 10.4. The van der Waals surface area contributed by atoms with Crippen molar-refractivity contribution < 1.29 is 5.11 Å². The van der Waals surface area contributed by atoms with E-state index in [0.717, 1.165) is 17.5 Å². The van der Waals surface area contributed by atoms with Gasteiger partial charge in [0.05, 0.1) is 6.10 Å². The topological polar surface area (TPSA) is 46.2 Å². The minimum atomic E-state index is -0.614. The lowest BCUT2D eigenvalue weighted by molar-refractivity contribution is 0.145. The van der Waals surface area contributed by atoms with Crippen LogP contribution in [0.15, 0.2) is 54.6 Å². The van der Waals surface area contributed by atoms with Gasteiger partial charge >= 0.3 is 0 Å². The van der Waals surface area contributed by atoms with Crippen molar-refractivity contribution in [2.24, 2.45) is 5.73 Å². The van der Waals surface area contributed by atoms with Gasteiger partial charge in [0, 0.05) is 6.04 Å². The Labute approximate surface area is 114 Å². The Morgan fingerprint density at radius 1 is 1.00 bits per heavy atom. The van der Waals surface area contributed by atoms with Gasteiger partial charge in [0.15, 0.2) is 0 Å². The third-order valence-corrected chi connectivity index (χ3v) is 3.47. The van der Waals surface area contributed by atoms with Crippen molar-refractivity contribution in [1.29, 1.82) is 0 Å². The van der Waals surface area contributed by atoms with Crippen LogP contribution in [0, 0.1) is 0 Å². The first kappa shape index (κ1) is 13.8. The summed E-state index contributed by atoms with van der Waals surface area (Å²) in [5.74, 6) is 0. The molecular formula is C17H21NO. The van der Waals surface area contributed by atoms with Crippen molar-refractivity contribution in [3.63, 3.8) is 0 Å². The van der Waals surface area contributed by atoms with E-state index in [1.165, 1.54) is 5.56 Å². The Balaban J connectivity index is 2.12. The Morgan fingerprint density at radius 3 is 2.32 bits per heavy atom. The Morgan fingerprint density at radius 2 is 1.63 bits per heavy atom. The fourth-order valence-electron chi connectivity index (χ4n) is 2.37. The van der Waals surface area contributed by atoms with Crippen LogP contribution < -0.4 is 5.73 Å². The highest BCUT2D eigenvalue weighted by Gasteiger charge is 2.19. The third kappa shape index (κ3) is 3.43. The van der Waals surface area contributed by atoms with Crippen molar-refractivity contribution >= 4 is 0 Å². The standard InChI is InChI=1S/C17H21NO/c1-2-14-10-6-7-11-15(14)17(19)16(18)12-13-8-4-3-5-9-13/h3-11,16-17,19H,2,12,18H2,1H3. The van der Waals surface area contributed by atoms with Crippen LogP contribution in [-0.4, -0.2) is 11.1 Å². The van der Waals surface area contributed by atoms with Crippen molar-refractivity contribution in [3.05, 3.63) is 71.3 Å². The van der Waals surface area contributed by atoms with E-state index in [0.29, 0.717) is 6.42 Å². The zero-order valence-corrected chi connectivity index (χ0v) is 11.3. The normalized spacial score (nSPS) is 14.1. The molecule has 0 aromatic heterocycles. The van der Waals surface area contributed by atoms with E-state index in [1.54, 1.807) is 0 Å². The van der Waals surface area contributed by atoms with Crippen molar-refractivity contribution in [2.75, 3.05) is 0 Å². The molecule has 0 heterocycles. The van der Waals surface area contributed by atoms with Crippen LogP contribution >= 0.6 is 0 Å². The van der Waals surface area contributed by atoms with Gasteiger partial charge in [-0.1, -0.05) is 61.5 Å². The largest absolute Gasteiger partial charge is 0.387 e. The molecule has 0 saturated carbocycles. The average Bonchev–Trinajstić information content (AvgIpc) is 2.47. The lowest BCUT2D eigenvalue weighted by Crippen LogP contribution is -2.31. The number of aliphatic hydroxyl groups excluding tert-OH is 1. The molecule has 0 aliphatic carbocycles. The minimum Gasteiger partial charge on any atom is -0.387 e. The van der Waals surface area contributed by atoms with Gasteiger partial charge in [-0.05, 0) is 29.5 Å². The summed E-state index contributed by atoms with van der Waals surface area (Å²) in [6.45, 7) is 2.09. The lowest BCUT2D eigenvalue weighted by atomic mass is 9.93. The zero-order valence-electron chi connectivity index (χ0n) is 11.3. The highest BCUT2D eigenvalue weighted by atomic mass is 16.3. The third-order valence-electron chi connectivity index (χ3n) is 3.47. The molecule has 0 radical (unpaired) electrons. The summed E-state index contributed by atoms with van der Waals surface area (Å²) >= 11 is 0. The molecular weight excluding hydrogens is 234 g/mol. The van der Waals surface area contributed by atoms with E-state index in [4.69, 9.17) is 5.73 Å². The number of aliphatic hydroxyl groups is 1. The summed E-state index contributed by atoms with van der Waals surface area (Å²) in [5, 5.41) is 10.4. The summed E-state index contributed by atoms with van der Waals surface area (Å²) in [4.78, 5) is 0. The molecule has 0 fully saturated rings. The van der Waals surface area contributed by atoms with Crippen LogP contribution in [0.2, 0.25) is 0 Å². The second-order valence-electron chi connectivity index (χ2n) is 4.85. The molecule has 100 valence electrons. The zero-order chi connectivity index (χ0) is 13.7. The molecule has 3 N–H and O–H groups in total. The van der Waals surface area contributed by atoms with Crippen LogP contribution in [0.1, 0.15) is 29.7 Å². The smallest absolute Gasteiger partial charge is 0.0946 e. The van der Waals surface area contributed by atoms with E-state index in [1.807, 2.05) is 54.6 Å². The number of nitrogens with two attached hydrogens (primary N) is 1. The second kappa shape index (κ2) is 6.50. The Kier molecular flexibility index (Phi) is 4.72. The first-order chi connectivity index (χ1) is 9.22. The van der Waals surface area contributed by atoms with E-state index < -0.39 is 6.10 Å². The van der Waals surface area contributed by atoms with E-state index in [2.05, 4.69) is 6.92 Å². The summed E-state index contributed by atoms with van der Waals surface area (Å²) in [5.41, 5.74) is 9.43. The van der Waals surface area contributed by atoms with Gasteiger partial charge in [-0.2, -0.15) is 0 Å². The number of aryl methyl sites for hydroxylation is 1. The van der Waals surface area contributed by atoms with Crippen molar-refractivity contribution in [1.82, 2.24) is 0 Å². The molecule has 19 heavy (non-hydrogen) atoms. The maximum Gasteiger partial charge on any atom is 0.0946 e. The second-order valence-corrected chi connectivity index (χ2v) is 4.85. The molecule has 2 aromatic carbocycles. The van der Waals surface area contributed by atoms with E-state index in [9.17, 15) is 5.11 Å². The molecule has 2 nitrogen and oxygen atoms in total. The summed E-state index contributed by atoms with van der Waals surface area (Å²) < 4.78 is 0. The molecule has 2 atom stereocenters. The quantitative estimate of drug-likeness (QED) is 0.863. The van der Waals surface area contributed by atoms with Crippen LogP contribution in [-0.2, 0) is 12.8 Å². The molecule has 0 saturated heterocycles. The molecule has 0 amide bonds. The van der Waals surface area contributed by atoms with E-state index >= 15 is 0 Å². The molecule has 0 bridgehead atoms. The number of benzene rings is 2. The predicted molar refractivity (Wildman–Crippen MR) is 78.9 cm³/mol. The molecule has 2 rings (SSSR count). The minimum absolute atomic E-state index is 0.282. The molecule has 2 unspecified atom stereocenters. The highest BCUT2D eigenvalue weighted by molar-refractivity contribution is 5.30. The molecule has 0 aliphatic rings. The monoisotopic (exact) mass is 255 g/mol. The highest BCUT2D eigenvalue weighted by Crippen LogP contribution is 2.22. The average molecular weight is 255 g/mol. The Hall–Kier alpha value is -1.64. The van der Waals surface area contributed by atoms with Gasteiger partial charge in [0.25, 0.3) is 0 Å². The first-order valence-corrected chi connectivity index (χ1v) is 6.77. The number of hydrogen-bond acceptors (Lipinski definition) is 2. The molecule has 2 aromatic rings. The summed E-state index contributed by atoms with van der Waals surface area (Å²) in [7, 11) is 0. The van der Waals surface area contributed by atoms with Crippen molar-refractivity contribution in [3.8, 4) is 0 Å². The number of hydrogen-bond donors (Lipinski definition) is 2. The fraction of sp³-hybridized carbons (Fsp3) is 0.294. The first-order valence-electron chi connectivity index (χ1n) is 6.77. The summed E-state index contributed by atoms with van der Waals surface area (Å²) in [6.07, 6.45) is 0.974. The van der Waals surface area contributed by atoms with Gasteiger partial charge in [0.2, 0.25) is 0 Å². The van der Waals surface area contributed by atoms with Crippen LogP contribution in [0.5, 0.6) is 0 Å². The van der Waals surface area contributed by atoms with Gasteiger partial charge in [-0.3, -0.25) is 0 Å². The maximum atomic E-state index is 10.4. The molecule has 0 aliphatic heterocycles. The lowest BCUT2D eigenvalue weighted by Gasteiger charge is -2.21. The number of rotatable bonds is 5. The van der Waals surface area contributed by atoms with Crippen LogP contribution in [0.25, 0.3) is 0 Å². The van der Waals surface area contributed by atoms with E-state index in [-0.39, 0.29) is 6.04 Å². The Bertz CT molecular complexity index is 510. The molecule has 2 heteroatoms. The van der Waals surface area contributed by atoms with Crippen LogP contribution in [0.3, 0.4) is 0 Å². The fourth-order valence-corrected chi connectivity index (χ4v) is 2.37. The van der Waals surface area contributed by atoms with Gasteiger partial charge in [-0.15, -0.1) is 0 Å².